The van der Waals surface area contributed by atoms with Gasteiger partial charge in [0.1, 0.15) is 6.54 Å². The quantitative estimate of drug-likeness (QED) is 0.307. The van der Waals surface area contributed by atoms with E-state index in [2.05, 4.69) is 39.3 Å². The molecule has 0 saturated carbocycles. The van der Waals surface area contributed by atoms with Gasteiger partial charge in [0.2, 0.25) is 11.8 Å². The lowest BCUT2D eigenvalue weighted by Crippen LogP contribution is -2.55. The van der Waals surface area contributed by atoms with Crippen molar-refractivity contribution in [1.82, 2.24) is 25.3 Å². The van der Waals surface area contributed by atoms with Crippen molar-refractivity contribution < 1.29 is 14.3 Å². The summed E-state index contributed by atoms with van der Waals surface area (Å²) in [6, 6.07) is 0.280. The summed E-state index contributed by atoms with van der Waals surface area (Å²) in [4.78, 5) is 34.2. The van der Waals surface area contributed by atoms with Crippen molar-refractivity contribution >= 4 is 17.8 Å². The molecule has 27 heavy (non-hydrogen) atoms. The highest BCUT2D eigenvalue weighted by Gasteiger charge is 2.22. The van der Waals surface area contributed by atoms with E-state index in [4.69, 9.17) is 4.74 Å². The zero-order valence-electron chi connectivity index (χ0n) is 17.5. The molecule has 9 nitrogen and oxygen atoms in total. The van der Waals surface area contributed by atoms with Gasteiger partial charge < -0.3 is 25.2 Å². The molecule has 0 aliphatic carbocycles. The number of likely N-dealkylation sites (N-methyl/N-ethyl adjacent to an activating group) is 1. The van der Waals surface area contributed by atoms with Gasteiger partial charge in [-0.25, -0.2) is 4.99 Å². The largest absolute Gasteiger partial charge is 0.383 e. The molecular formula is C18H36N6O3. The Bertz CT molecular complexity index is 489. The first-order valence-electron chi connectivity index (χ1n) is 9.61. The lowest BCUT2D eigenvalue weighted by molar-refractivity contribution is -0.127. The van der Waals surface area contributed by atoms with E-state index in [-0.39, 0.29) is 24.4 Å². The summed E-state index contributed by atoms with van der Waals surface area (Å²) in [5.74, 6) is 0.761. The molecule has 1 aliphatic rings. The number of nitrogens with one attached hydrogen (secondary N) is 2. The minimum Gasteiger partial charge on any atom is -0.383 e. The van der Waals surface area contributed by atoms with E-state index in [0.29, 0.717) is 19.7 Å². The van der Waals surface area contributed by atoms with Crippen LogP contribution in [-0.4, -0.2) is 112 Å². The van der Waals surface area contributed by atoms with Crippen LogP contribution in [0, 0.1) is 0 Å². The summed E-state index contributed by atoms with van der Waals surface area (Å²) in [6.45, 7) is 8.88. The molecule has 2 amide bonds. The number of carbonyl (C=O) groups is 2. The van der Waals surface area contributed by atoms with E-state index < -0.39 is 0 Å². The van der Waals surface area contributed by atoms with E-state index in [1.54, 1.807) is 26.1 Å². The number of hydrogen-bond acceptors (Lipinski definition) is 5. The maximum atomic E-state index is 11.9. The number of aliphatic imine (C=N–C) groups is 1. The van der Waals surface area contributed by atoms with E-state index >= 15 is 0 Å². The van der Waals surface area contributed by atoms with Crippen LogP contribution in [-0.2, 0) is 14.3 Å². The average molecular weight is 385 g/mol. The van der Waals surface area contributed by atoms with E-state index in [0.717, 1.165) is 38.6 Å². The number of ether oxygens (including phenoxy) is 1. The van der Waals surface area contributed by atoms with Gasteiger partial charge in [0.05, 0.1) is 13.2 Å². The van der Waals surface area contributed by atoms with E-state index in [9.17, 15) is 9.59 Å². The van der Waals surface area contributed by atoms with Crippen LogP contribution in [0.2, 0.25) is 0 Å². The van der Waals surface area contributed by atoms with Crippen LogP contribution in [0.3, 0.4) is 0 Å². The van der Waals surface area contributed by atoms with Gasteiger partial charge >= 0.3 is 0 Å². The standard InChI is InChI=1S/C18H36N6O3/c1-6-15(2)21-18(20-13-17(26)22(3)4)24-10-8-23(9-11-24)14-16(25)19-7-12-27-5/h15H,6-14H2,1-5H3,(H,19,25)(H,20,21). The fourth-order valence-corrected chi connectivity index (χ4v) is 2.51. The van der Waals surface area contributed by atoms with Crippen LogP contribution in [0.5, 0.6) is 0 Å². The van der Waals surface area contributed by atoms with E-state index in [1.165, 1.54) is 0 Å². The van der Waals surface area contributed by atoms with Crippen LogP contribution < -0.4 is 10.6 Å². The fourth-order valence-electron chi connectivity index (χ4n) is 2.51. The lowest BCUT2D eigenvalue weighted by Gasteiger charge is -2.37. The van der Waals surface area contributed by atoms with Gasteiger partial charge in [-0.15, -0.1) is 0 Å². The summed E-state index contributed by atoms with van der Waals surface area (Å²) in [5.41, 5.74) is 0. The summed E-state index contributed by atoms with van der Waals surface area (Å²) >= 11 is 0. The molecule has 156 valence electrons. The maximum Gasteiger partial charge on any atom is 0.243 e. The second-order valence-electron chi connectivity index (χ2n) is 6.99. The fraction of sp³-hybridized carbons (Fsp3) is 0.833. The summed E-state index contributed by atoms with van der Waals surface area (Å²) in [5, 5.41) is 6.26. The van der Waals surface area contributed by atoms with E-state index in [1.807, 2.05) is 0 Å². The molecule has 0 aromatic carbocycles. The summed E-state index contributed by atoms with van der Waals surface area (Å²) < 4.78 is 4.94. The molecule has 0 aromatic heterocycles. The average Bonchev–Trinajstić information content (AvgIpc) is 2.65. The Hall–Kier alpha value is -1.87. The first-order valence-corrected chi connectivity index (χ1v) is 9.61. The molecule has 2 N–H and O–H groups in total. The van der Waals surface area contributed by atoms with Gasteiger partial charge in [-0.05, 0) is 13.3 Å². The Kier molecular flexibility index (Phi) is 10.7. The Morgan fingerprint density at radius 2 is 1.89 bits per heavy atom. The number of hydrogen-bond donors (Lipinski definition) is 2. The molecule has 0 radical (unpaired) electrons. The van der Waals surface area contributed by atoms with Gasteiger partial charge in [0, 0.05) is 60.0 Å². The molecule has 1 fully saturated rings. The summed E-state index contributed by atoms with van der Waals surface area (Å²) in [6.07, 6.45) is 0.974. The number of rotatable bonds is 9. The maximum absolute atomic E-state index is 11.9. The van der Waals surface area contributed by atoms with Crippen LogP contribution in [0.4, 0.5) is 0 Å². The van der Waals surface area contributed by atoms with Crippen LogP contribution in [0.25, 0.3) is 0 Å². The monoisotopic (exact) mass is 384 g/mol. The van der Waals surface area contributed by atoms with Crippen LogP contribution in [0.15, 0.2) is 4.99 Å². The Balaban J connectivity index is 2.56. The molecule has 1 heterocycles. The molecule has 0 spiro atoms. The molecule has 1 saturated heterocycles. The third kappa shape index (κ3) is 9.05. The topological polar surface area (TPSA) is 89.5 Å². The Morgan fingerprint density at radius 1 is 1.22 bits per heavy atom. The second-order valence-corrected chi connectivity index (χ2v) is 6.99. The first kappa shape index (κ1) is 23.2. The second kappa shape index (κ2) is 12.5. The molecule has 1 atom stereocenters. The smallest absolute Gasteiger partial charge is 0.243 e. The van der Waals surface area contributed by atoms with Crippen molar-refractivity contribution in [3.8, 4) is 0 Å². The zero-order chi connectivity index (χ0) is 20.2. The van der Waals surface area contributed by atoms with Crippen molar-refractivity contribution in [2.45, 2.75) is 26.3 Å². The van der Waals surface area contributed by atoms with Crippen molar-refractivity contribution in [1.29, 1.82) is 0 Å². The number of nitrogens with zero attached hydrogens (tertiary/aromatic N) is 4. The van der Waals surface area contributed by atoms with Crippen LogP contribution in [0.1, 0.15) is 20.3 Å². The highest BCUT2D eigenvalue weighted by Crippen LogP contribution is 2.04. The normalized spacial score (nSPS) is 16.8. The number of amides is 2. The molecule has 0 aromatic rings. The molecule has 1 unspecified atom stereocenters. The van der Waals surface area contributed by atoms with Gasteiger partial charge in [-0.3, -0.25) is 14.5 Å². The SMILES string of the molecule is CCC(C)NC(=NCC(=O)N(C)C)N1CCN(CC(=O)NCCOC)CC1. The molecule has 1 aliphatic heterocycles. The number of carbonyl (C=O) groups excluding carboxylic acids is 2. The lowest BCUT2D eigenvalue weighted by atomic mass is 10.2. The number of methoxy groups -OCH3 is 1. The number of guanidine groups is 1. The minimum atomic E-state index is -0.0233. The third-order valence-electron chi connectivity index (χ3n) is 4.52. The van der Waals surface area contributed by atoms with Gasteiger partial charge in [-0.2, -0.15) is 0 Å². The minimum absolute atomic E-state index is 0.0173. The van der Waals surface area contributed by atoms with Crippen LogP contribution >= 0.6 is 0 Å². The Labute approximate surface area is 163 Å². The summed E-state index contributed by atoms with van der Waals surface area (Å²) in [7, 11) is 5.08. The van der Waals surface area contributed by atoms with Crippen molar-refractivity contribution in [2.75, 3.05) is 73.6 Å². The molecule has 1 rings (SSSR count). The first-order chi connectivity index (χ1) is 12.9. The zero-order valence-corrected chi connectivity index (χ0v) is 17.5. The predicted molar refractivity (Wildman–Crippen MR) is 107 cm³/mol. The molecule has 0 bridgehead atoms. The molecule has 9 heteroatoms. The third-order valence-corrected chi connectivity index (χ3v) is 4.52. The highest BCUT2D eigenvalue weighted by molar-refractivity contribution is 5.85. The Morgan fingerprint density at radius 3 is 2.44 bits per heavy atom. The van der Waals surface area contributed by atoms with Gasteiger partial charge in [0.15, 0.2) is 5.96 Å². The van der Waals surface area contributed by atoms with Crippen molar-refractivity contribution in [3.05, 3.63) is 0 Å². The number of piperazine rings is 1. The molecular weight excluding hydrogens is 348 g/mol. The highest BCUT2D eigenvalue weighted by atomic mass is 16.5. The van der Waals surface area contributed by atoms with Gasteiger partial charge in [0.25, 0.3) is 0 Å². The predicted octanol–water partition coefficient (Wildman–Crippen LogP) is -0.801. The van der Waals surface area contributed by atoms with Crippen molar-refractivity contribution in [3.63, 3.8) is 0 Å². The van der Waals surface area contributed by atoms with Crippen molar-refractivity contribution in [2.24, 2.45) is 4.99 Å². The van der Waals surface area contributed by atoms with Gasteiger partial charge in [-0.1, -0.05) is 6.92 Å².